The van der Waals surface area contributed by atoms with Gasteiger partial charge in [0.25, 0.3) is 0 Å². The molecule has 33 heavy (non-hydrogen) atoms. The molecule has 0 radical (unpaired) electrons. The summed E-state index contributed by atoms with van der Waals surface area (Å²) in [5.41, 5.74) is 3.91. The second-order valence-electron chi connectivity index (χ2n) is 10.2. The molecule has 1 saturated carbocycles. The smallest absolute Gasteiger partial charge is 0.155 e. The van der Waals surface area contributed by atoms with Crippen LogP contribution < -0.4 is 10.1 Å². The molecule has 2 aromatic rings. The third-order valence-electron chi connectivity index (χ3n) is 8.17. The first-order chi connectivity index (χ1) is 16.2. The van der Waals surface area contributed by atoms with Crippen LogP contribution in [-0.4, -0.2) is 36.4 Å². The highest BCUT2D eigenvalue weighted by atomic mass is 16.5. The van der Waals surface area contributed by atoms with Gasteiger partial charge in [0.15, 0.2) is 5.78 Å². The average molecular weight is 447 g/mol. The van der Waals surface area contributed by atoms with E-state index in [2.05, 4.69) is 58.7 Å². The van der Waals surface area contributed by atoms with E-state index in [-0.39, 0.29) is 18.0 Å². The highest BCUT2D eigenvalue weighted by Gasteiger charge is 2.42. The van der Waals surface area contributed by atoms with Crippen LogP contribution in [0.3, 0.4) is 0 Å². The zero-order chi connectivity index (χ0) is 22.6. The van der Waals surface area contributed by atoms with Gasteiger partial charge in [-0.15, -0.1) is 0 Å². The van der Waals surface area contributed by atoms with Crippen LogP contribution in [0.25, 0.3) is 0 Å². The number of carbonyl (C=O) groups is 1. The van der Waals surface area contributed by atoms with E-state index in [0.717, 1.165) is 44.4 Å². The molecule has 1 N–H and O–H groups in total. The van der Waals surface area contributed by atoms with E-state index in [9.17, 15) is 4.79 Å². The zero-order valence-corrected chi connectivity index (χ0v) is 20.0. The Morgan fingerprint density at radius 1 is 0.939 bits per heavy atom. The topological polar surface area (TPSA) is 41.6 Å². The van der Waals surface area contributed by atoms with Gasteiger partial charge in [-0.3, -0.25) is 9.69 Å². The second-order valence-corrected chi connectivity index (χ2v) is 10.2. The number of Topliss-reactive ketones (excluding diaryl/α,β-unsaturated/α-hetero) is 1. The summed E-state index contributed by atoms with van der Waals surface area (Å²) in [7, 11) is 1.72. The van der Waals surface area contributed by atoms with Gasteiger partial charge in [0.2, 0.25) is 0 Å². The molecule has 3 atom stereocenters. The zero-order valence-electron chi connectivity index (χ0n) is 20.0. The van der Waals surface area contributed by atoms with Crippen LogP contribution in [0.15, 0.2) is 48.5 Å². The number of methoxy groups -OCH3 is 1. The van der Waals surface area contributed by atoms with E-state index in [1.165, 1.54) is 48.9 Å². The largest absolute Gasteiger partial charge is 0.497 e. The van der Waals surface area contributed by atoms with Crippen molar-refractivity contribution < 1.29 is 9.53 Å². The van der Waals surface area contributed by atoms with Crippen LogP contribution >= 0.6 is 0 Å². The van der Waals surface area contributed by atoms with E-state index >= 15 is 0 Å². The Hall–Kier alpha value is -2.33. The number of hydrogen-bond donors (Lipinski definition) is 1. The molecule has 3 aliphatic rings. The number of nitrogens with zero attached hydrogens (tertiary/aromatic N) is 1. The summed E-state index contributed by atoms with van der Waals surface area (Å²) in [6.07, 6.45) is 11.4. The fourth-order valence-corrected chi connectivity index (χ4v) is 6.39. The maximum atomic E-state index is 14.2. The number of rotatable bonds is 6. The third kappa shape index (κ3) is 4.82. The number of piperidine rings is 1. The van der Waals surface area contributed by atoms with E-state index < -0.39 is 0 Å². The highest BCUT2D eigenvalue weighted by molar-refractivity contribution is 5.88. The van der Waals surface area contributed by atoms with Crippen LogP contribution in [-0.2, 0) is 11.2 Å². The molecule has 1 aliphatic carbocycles. The summed E-state index contributed by atoms with van der Waals surface area (Å²) in [5, 5.41) is 3.82. The molecule has 176 valence electrons. The lowest BCUT2D eigenvalue weighted by atomic mass is 9.78. The Morgan fingerprint density at radius 3 is 2.48 bits per heavy atom. The first-order valence-corrected chi connectivity index (χ1v) is 13.0. The first kappa shape index (κ1) is 22.5. The lowest BCUT2D eigenvalue weighted by Gasteiger charge is -2.46. The number of aryl methyl sites for hydroxylation is 1. The van der Waals surface area contributed by atoms with Crippen molar-refractivity contribution in [2.75, 3.05) is 19.0 Å². The first-order valence-electron chi connectivity index (χ1n) is 13.0. The van der Waals surface area contributed by atoms with Crippen molar-refractivity contribution in [3.8, 4) is 5.75 Å². The second kappa shape index (κ2) is 10.3. The predicted octanol–water partition coefficient (Wildman–Crippen LogP) is 6.17. The Bertz CT molecular complexity index is 935. The van der Waals surface area contributed by atoms with Crippen LogP contribution in [0.1, 0.15) is 75.0 Å². The number of fused-ring (bicyclic) bond motifs is 1. The molecular formula is C29H38N2O2. The highest BCUT2D eigenvalue weighted by Crippen LogP contribution is 2.39. The Labute approximate surface area is 198 Å². The van der Waals surface area contributed by atoms with Gasteiger partial charge in [-0.1, -0.05) is 56.0 Å². The van der Waals surface area contributed by atoms with Crippen molar-refractivity contribution >= 4 is 11.5 Å². The number of ketones is 1. The Balaban J connectivity index is 1.47. The minimum absolute atomic E-state index is 0.0612. The minimum Gasteiger partial charge on any atom is -0.497 e. The van der Waals surface area contributed by atoms with Gasteiger partial charge in [-0.2, -0.15) is 0 Å². The van der Waals surface area contributed by atoms with Crippen molar-refractivity contribution in [2.24, 2.45) is 5.92 Å². The van der Waals surface area contributed by atoms with Crippen LogP contribution in [0.2, 0.25) is 0 Å². The summed E-state index contributed by atoms with van der Waals surface area (Å²) in [4.78, 5) is 16.8. The van der Waals surface area contributed by atoms with Gasteiger partial charge in [-0.25, -0.2) is 0 Å². The van der Waals surface area contributed by atoms with Crippen molar-refractivity contribution in [3.63, 3.8) is 0 Å². The van der Waals surface area contributed by atoms with Crippen molar-refractivity contribution in [2.45, 2.75) is 82.3 Å². The molecule has 4 heteroatoms. The minimum atomic E-state index is -0.0612. The van der Waals surface area contributed by atoms with E-state index in [0.29, 0.717) is 11.8 Å². The van der Waals surface area contributed by atoms with Gasteiger partial charge in [0.1, 0.15) is 5.75 Å². The number of carbonyl (C=O) groups excluding carboxylic acids is 1. The molecule has 4 nitrogen and oxygen atoms in total. The van der Waals surface area contributed by atoms with Crippen LogP contribution in [0.4, 0.5) is 5.69 Å². The molecule has 2 fully saturated rings. The summed E-state index contributed by atoms with van der Waals surface area (Å²) in [5.74, 6) is 1.61. The molecule has 2 aliphatic heterocycles. The van der Waals surface area contributed by atoms with Gasteiger partial charge in [0.05, 0.1) is 13.2 Å². The predicted molar refractivity (Wildman–Crippen MR) is 134 cm³/mol. The quantitative estimate of drug-likeness (QED) is 0.576. The lowest BCUT2D eigenvalue weighted by Crippen LogP contribution is -2.56. The summed E-state index contributed by atoms with van der Waals surface area (Å²) < 4.78 is 5.40. The van der Waals surface area contributed by atoms with E-state index in [1.807, 2.05) is 0 Å². The number of hydrogen-bond acceptors (Lipinski definition) is 4. The molecule has 0 aromatic heterocycles. The molecular weight excluding hydrogens is 408 g/mol. The fraction of sp³-hybridized carbons (Fsp3) is 0.552. The number of ether oxygens (including phenoxy) is 1. The van der Waals surface area contributed by atoms with Crippen LogP contribution in [0, 0.1) is 5.92 Å². The Kier molecular flexibility index (Phi) is 7.01. The molecule has 0 spiro atoms. The van der Waals surface area contributed by atoms with Gasteiger partial charge in [-0.05, 0) is 74.4 Å². The number of para-hydroxylation sites is 1. The average Bonchev–Trinajstić information content (AvgIpc) is 2.89. The monoisotopic (exact) mass is 446 g/mol. The van der Waals surface area contributed by atoms with Gasteiger partial charge >= 0.3 is 0 Å². The molecule has 2 aromatic carbocycles. The molecule has 2 heterocycles. The number of anilines is 1. The SMILES string of the molecule is COc1ccc(C2CCCCN2C(C(=O)C2CCCCC2)C2CCc3ccccc3N2)cc1. The van der Waals surface area contributed by atoms with Crippen molar-refractivity contribution in [1.82, 2.24) is 4.90 Å². The lowest BCUT2D eigenvalue weighted by molar-refractivity contribution is -0.131. The number of likely N-dealkylation sites (tertiary alicyclic amines) is 1. The summed E-state index contributed by atoms with van der Waals surface area (Å²) in [6.45, 7) is 1.000. The normalized spacial score (nSPS) is 25.0. The summed E-state index contributed by atoms with van der Waals surface area (Å²) >= 11 is 0. The molecule has 1 saturated heterocycles. The maximum absolute atomic E-state index is 14.2. The number of benzene rings is 2. The molecule has 0 amide bonds. The van der Waals surface area contributed by atoms with E-state index in [4.69, 9.17) is 4.74 Å². The number of nitrogens with one attached hydrogen (secondary N) is 1. The maximum Gasteiger partial charge on any atom is 0.155 e. The van der Waals surface area contributed by atoms with Gasteiger partial charge < -0.3 is 10.1 Å². The molecule has 3 unspecified atom stereocenters. The fourth-order valence-electron chi connectivity index (χ4n) is 6.39. The molecule has 0 bridgehead atoms. The standard InChI is InChI=1S/C29H38N2O2/c1-33-24-17-14-22(15-18-24)27-13-7-8-20-31(27)28(29(32)23-10-3-2-4-11-23)26-19-16-21-9-5-6-12-25(21)30-26/h5-6,9,12,14-15,17-18,23,26-28,30H,2-4,7-8,10-11,13,16,19-20H2,1H3. The summed E-state index contributed by atoms with van der Waals surface area (Å²) in [6, 6.07) is 17.6. The van der Waals surface area contributed by atoms with Crippen LogP contribution in [0.5, 0.6) is 5.75 Å². The van der Waals surface area contributed by atoms with E-state index in [1.54, 1.807) is 7.11 Å². The van der Waals surface area contributed by atoms with Crippen molar-refractivity contribution in [3.05, 3.63) is 59.7 Å². The molecule has 5 rings (SSSR count). The Morgan fingerprint density at radius 2 is 1.70 bits per heavy atom. The van der Waals surface area contributed by atoms with Gasteiger partial charge in [0, 0.05) is 23.7 Å². The van der Waals surface area contributed by atoms with Crippen molar-refractivity contribution in [1.29, 1.82) is 0 Å². The third-order valence-corrected chi connectivity index (χ3v) is 8.17.